The molecule has 1 amide bonds. The first kappa shape index (κ1) is 22.5. The molecule has 6 nitrogen and oxygen atoms in total. The van der Waals surface area contributed by atoms with E-state index in [2.05, 4.69) is 53.0 Å². The highest BCUT2D eigenvalue weighted by Crippen LogP contribution is 2.19. The monoisotopic (exact) mass is 442 g/mol. The number of ether oxygens (including phenoxy) is 1. The van der Waals surface area contributed by atoms with Gasteiger partial charge in [-0.2, -0.15) is 0 Å². The van der Waals surface area contributed by atoms with Crippen LogP contribution in [0.15, 0.2) is 66.9 Å². The van der Waals surface area contributed by atoms with Gasteiger partial charge in [0.2, 0.25) is 0 Å². The van der Waals surface area contributed by atoms with Crippen LogP contribution in [0, 0.1) is 13.8 Å². The van der Waals surface area contributed by atoms with Gasteiger partial charge in [0.05, 0.1) is 17.6 Å². The number of carbonyl (C=O) groups is 1. The first-order valence-corrected chi connectivity index (χ1v) is 11.4. The summed E-state index contributed by atoms with van der Waals surface area (Å²) in [4.78, 5) is 21.1. The maximum absolute atomic E-state index is 12.2. The number of para-hydroxylation sites is 2. The number of fused-ring (bicyclic) bond motifs is 1. The minimum absolute atomic E-state index is 0.146. The lowest BCUT2D eigenvalue weighted by Crippen LogP contribution is -2.25. The molecule has 0 saturated heterocycles. The average molecular weight is 443 g/mol. The Morgan fingerprint density at radius 1 is 1.00 bits per heavy atom. The first-order chi connectivity index (χ1) is 16.1. The molecule has 1 N–H and O–H groups in total. The fraction of sp³-hybridized carbons (Fsp3) is 0.296. The number of imidazole rings is 1. The fourth-order valence-electron chi connectivity index (χ4n) is 4.03. The standard InChI is InChI=1S/C27H30N4O2/c1-20-17-21(2)19-22(18-20)33-16-8-15-31-25-11-4-3-9-23(25)30-26(31)12-7-14-29-27(32)24-10-5-6-13-28-24/h3-6,9-11,13,17-19H,7-8,12,14-16H2,1-2H3,(H,29,32). The van der Waals surface area contributed by atoms with Gasteiger partial charge in [-0.1, -0.05) is 24.3 Å². The number of rotatable bonds is 10. The molecule has 2 heterocycles. The van der Waals surface area contributed by atoms with E-state index in [-0.39, 0.29) is 5.91 Å². The minimum atomic E-state index is -0.146. The summed E-state index contributed by atoms with van der Waals surface area (Å²) in [5.74, 6) is 1.81. The predicted octanol–water partition coefficient (Wildman–Crippen LogP) is 4.88. The molecule has 0 radical (unpaired) electrons. The molecule has 0 aliphatic rings. The summed E-state index contributed by atoms with van der Waals surface area (Å²) < 4.78 is 8.28. The van der Waals surface area contributed by atoms with Crippen molar-refractivity contribution in [3.8, 4) is 5.75 Å². The third kappa shape index (κ3) is 5.98. The van der Waals surface area contributed by atoms with E-state index >= 15 is 0 Å². The van der Waals surface area contributed by atoms with Gasteiger partial charge in [0.15, 0.2) is 0 Å². The van der Waals surface area contributed by atoms with E-state index < -0.39 is 0 Å². The van der Waals surface area contributed by atoms with Crippen molar-refractivity contribution in [3.63, 3.8) is 0 Å². The number of nitrogens with zero attached hydrogens (tertiary/aromatic N) is 3. The molecule has 0 bridgehead atoms. The zero-order chi connectivity index (χ0) is 23.0. The summed E-state index contributed by atoms with van der Waals surface area (Å²) in [6, 6.07) is 19.8. The van der Waals surface area contributed by atoms with Gasteiger partial charge in [-0.15, -0.1) is 0 Å². The van der Waals surface area contributed by atoms with Gasteiger partial charge in [-0.3, -0.25) is 9.78 Å². The van der Waals surface area contributed by atoms with Crippen LogP contribution >= 0.6 is 0 Å². The van der Waals surface area contributed by atoms with Crippen LogP contribution in [-0.4, -0.2) is 33.6 Å². The lowest BCUT2D eigenvalue weighted by Gasteiger charge is -2.11. The number of carbonyl (C=O) groups excluding carboxylic acids is 1. The topological polar surface area (TPSA) is 69.0 Å². The molecule has 0 spiro atoms. The molecule has 0 unspecified atom stereocenters. The third-order valence-corrected chi connectivity index (χ3v) is 5.48. The van der Waals surface area contributed by atoms with Crippen molar-refractivity contribution in [2.24, 2.45) is 0 Å². The average Bonchev–Trinajstić information content (AvgIpc) is 3.17. The first-order valence-electron chi connectivity index (χ1n) is 11.4. The highest BCUT2D eigenvalue weighted by molar-refractivity contribution is 5.92. The Morgan fingerprint density at radius 3 is 2.58 bits per heavy atom. The lowest BCUT2D eigenvalue weighted by atomic mass is 10.1. The van der Waals surface area contributed by atoms with Crippen molar-refractivity contribution in [2.45, 2.75) is 39.7 Å². The van der Waals surface area contributed by atoms with E-state index in [9.17, 15) is 4.79 Å². The van der Waals surface area contributed by atoms with Crippen LogP contribution in [0.3, 0.4) is 0 Å². The summed E-state index contributed by atoms with van der Waals surface area (Å²) in [5, 5.41) is 2.94. The van der Waals surface area contributed by atoms with Crippen LogP contribution in [0.25, 0.3) is 11.0 Å². The van der Waals surface area contributed by atoms with Crippen LogP contribution < -0.4 is 10.1 Å². The minimum Gasteiger partial charge on any atom is -0.494 e. The van der Waals surface area contributed by atoms with Gasteiger partial charge >= 0.3 is 0 Å². The highest BCUT2D eigenvalue weighted by atomic mass is 16.5. The molecular formula is C27H30N4O2. The van der Waals surface area contributed by atoms with Crippen molar-refractivity contribution in [1.82, 2.24) is 19.9 Å². The normalized spacial score (nSPS) is 11.0. The quantitative estimate of drug-likeness (QED) is 0.356. The van der Waals surface area contributed by atoms with Crippen LogP contribution in [0.2, 0.25) is 0 Å². The van der Waals surface area contributed by atoms with Gasteiger partial charge in [0.1, 0.15) is 17.3 Å². The van der Waals surface area contributed by atoms with Crippen LogP contribution in [0.5, 0.6) is 5.75 Å². The van der Waals surface area contributed by atoms with E-state index in [1.165, 1.54) is 11.1 Å². The van der Waals surface area contributed by atoms with E-state index in [1.807, 2.05) is 24.3 Å². The Labute approximate surface area is 194 Å². The number of hydrogen-bond donors (Lipinski definition) is 1. The number of benzene rings is 2. The summed E-state index contributed by atoms with van der Waals surface area (Å²) in [7, 11) is 0. The Morgan fingerprint density at radius 2 is 1.79 bits per heavy atom. The van der Waals surface area contributed by atoms with Crippen LogP contribution in [0.4, 0.5) is 0 Å². The molecular weight excluding hydrogens is 412 g/mol. The molecule has 2 aromatic heterocycles. The van der Waals surface area contributed by atoms with Crippen molar-refractivity contribution in [3.05, 3.63) is 89.5 Å². The zero-order valence-corrected chi connectivity index (χ0v) is 19.3. The smallest absolute Gasteiger partial charge is 0.269 e. The third-order valence-electron chi connectivity index (χ3n) is 5.48. The summed E-state index contributed by atoms with van der Waals surface area (Å²) in [5.41, 5.74) is 5.00. The number of amides is 1. The van der Waals surface area contributed by atoms with Crippen molar-refractivity contribution < 1.29 is 9.53 Å². The maximum Gasteiger partial charge on any atom is 0.269 e. The second-order valence-corrected chi connectivity index (χ2v) is 8.27. The zero-order valence-electron chi connectivity index (χ0n) is 19.3. The molecule has 0 aliphatic heterocycles. The van der Waals surface area contributed by atoms with Gasteiger partial charge in [0, 0.05) is 25.7 Å². The van der Waals surface area contributed by atoms with Crippen molar-refractivity contribution in [2.75, 3.05) is 13.2 Å². The molecule has 4 aromatic rings. The number of pyridine rings is 1. The van der Waals surface area contributed by atoms with Gasteiger partial charge in [-0.05, 0) is 74.2 Å². The van der Waals surface area contributed by atoms with Crippen LogP contribution in [0.1, 0.15) is 40.3 Å². The second-order valence-electron chi connectivity index (χ2n) is 8.27. The highest BCUT2D eigenvalue weighted by Gasteiger charge is 2.11. The number of aromatic nitrogens is 3. The lowest BCUT2D eigenvalue weighted by molar-refractivity contribution is 0.0948. The number of nitrogens with one attached hydrogen (secondary N) is 1. The molecule has 0 atom stereocenters. The Hall–Kier alpha value is -3.67. The molecule has 170 valence electrons. The van der Waals surface area contributed by atoms with Crippen molar-refractivity contribution >= 4 is 16.9 Å². The van der Waals surface area contributed by atoms with Crippen LogP contribution in [-0.2, 0) is 13.0 Å². The molecule has 0 fully saturated rings. The maximum atomic E-state index is 12.2. The SMILES string of the molecule is Cc1cc(C)cc(OCCCn2c(CCCNC(=O)c3ccccn3)nc3ccccc32)c1. The second kappa shape index (κ2) is 10.8. The molecule has 0 aliphatic carbocycles. The molecule has 2 aromatic carbocycles. The molecule has 0 saturated carbocycles. The van der Waals surface area contributed by atoms with Gasteiger partial charge in [0.25, 0.3) is 5.91 Å². The largest absolute Gasteiger partial charge is 0.494 e. The fourth-order valence-corrected chi connectivity index (χ4v) is 4.03. The van der Waals surface area contributed by atoms with Gasteiger partial charge in [-0.25, -0.2) is 4.98 Å². The molecule has 6 heteroatoms. The van der Waals surface area contributed by atoms with E-state index in [0.717, 1.165) is 48.4 Å². The van der Waals surface area contributed by atoms with E-state index in [0.29, 0.717) is 18.8 Å². The Kier molecular flexibility index (Phi) is 7.35. The summed E-state index contributed by atoms with van der Waals surface area (Å²) >= 11 is 0. The summed E-state index contributed by atoms with van der Waals surface area (Å²) in [6.07, 6.45) is 4.11. The predicted molar refractivity (Wildman–Crippen MR) is 131 cm³/mol. The van der Waals surface area contributed by atoms with E-state index in [4.69, 9.17) is 9.72 Å². The molecule has 4 rings (SSSR count). The summed E-state index contributed by atoms with van der Waals surface area (Å²) in [6.45, 7) is 6.23. The molecule has 33 heavy (non-hydrogen) atoms. The Bertz CT molecular complexity index is 1200. The van der Waals surface area contributed by atoms with E-state index in [1.54, 1.807) is 18.3 Å². The number of aryl methyl sites for hydroxylation is 4. The number of hydrogen-bond acceptors (Lipinski definition) is 4. The Balaban J connectivity index is 1.33. The van der Waals surface area contributed by atoms with Crippen molar-refractivity contribution in [1.29, 1.82) is 0 Å². The van der Waals surface area contributed by atoms with Gasteiger partial charge < -0.3 is 14.6 Å².